The lowest BCUT2D eigenvalue weighted by molar-refractivity contribution is -0.136. The van der Waals surface area contributed by atoms with E-state index in [9.17, 15) is 14.4 Å². The van der Waals surface area contributed by atoms with Gasteiger partial charge in [0, 0.05) is 32.6 Å². The van der Waals surface area contributed by atoms with Gasteiger partial charge in [0.25, 0.3) is 0 Å². The number of nitrogens with one attached hydrogen (secondary N) is 1. The molecule has 2 aliphatic heterocycles. The van der Waals surface area contributed by atoms with E-state index in [2.05, 4.69) is 36.2 Å². The van der Waals surface area contributed by atoms with Gasteiger partial charge in [-0.3, -0.25) is 14.4 Å². The van der Waals surface area contributed by atoms with Crippen molar-refractivity contribution in [2.45, 2.75) is 25.3 Å². The number of rotatable bonds is 6. The monoisotopic (exact) mass is 431 g/mol. The third-order valence-electron chi connectivity index (χ3n) is 6.21. The molecule has 2 aromatic carbocycles. The third-order valence-corrected chi connectivity index (χ3v) is 6.21. The second-order valence-corrected chi connectivity index (χ2v) is 8.48. The normalized spacial score (nSPS) is 21.2. The van der Waals surface area contributed by atoms with Gasteiger partial charge in [0.05, 0.1) is 5.92 Å². The molecule has 6 nitrogen and oxygen atoms in total. The highest BCUT2D eigenvalue weighted by atomic mass is 16.2. The Labute approximate surface area is 188 Å². The minimum absolute atomic E-state index is 0.0424. The molecule has 2 heterocycles. The first-order chi connectivity index (χ1) is 15.5. The molecule has 0 spiro atoms. The Kier molecular flexibility index (Phi) is 6.69. The summed E-state index contributed by atoms with van der Waals surface area (Å²) in [6, 6.07) is 17.9. The van der Waals surface area contributed by atoms with Gasteiger partial charge in [0.2, 0.25) is 17.7 Å². The molecule has 2 saturated heterocycles. The Bertz CT molecular complexity index is 1000. The summed E-state index contributed by atoms with van der Waals surface area (Å²) in [6.07, 6.45) is 3.16. The van der Waals surface area contributed by atoms with Crippen molar-refractivity contribution in [1.82, 2.24) is 15.1 Å². The maximum atomic E-state index is 13.3. The summed E-state index contributed by atoms with van der Waals surface area (Å²) in [5.41, 5.74) is 3.30. The van der Waals surface area contributed by atoms with E-state index in [0.29, 0.717) is 45.4 Å². The maximum absolute atomic E-state index is 13.3. The van der Waals surface area contributed by atoms with E-state index in [1.807, 2.05) is 30.3 Å². The molecular weight excluding hydrogens is 402 g/mol. The van der Waals surface area contributed by atoms with Crippen molar-refractivity contribution >= 4 is 17.7 Å². The molecule has 2 unspecified atom stereocenters. The summed E-state index contributed by atoms with van der Waals surface area (Å²) >= 11 is 0. The summed E-state index contributed by atoms with van der Waals surface area (Å²) in [6.45, 7) is 5.53. The Morgan fingerprint density at radius 2 is 1.84 bits per heavy atom. The average molecular weight is 432 g/mol. The maximum Gasteiger partial charge on any atom is 0.245 e. The molecule has 3 amide bonds. The van der Waals surface area contributed by atoms with Gasteiger partial charge in [-0.05, 0) is 29.5 Å². The SMILES string of the molecule is C=CCN1CCN(C(=O)C2CCC(=O)N2)CC(Cc2cccc(-c3ccccc3)c2)C1=O. The molecule has 0 radical (unpaired) electrons. The molecule has 1 N–H and O–H groups in total. The summed E-state index contributed by atoms with van der Waals surface area (Å²) in [4.78, 5) is 41.5. The number of nitrogens with zero attached hydrogens (tertiary/aromatic N) is 2. The van der Waals surface area contributed by atoms with Gasteiger partial charge < -0.3 is 15.1 Å². The van der Waals surface area contributed by atoms with Gasteiger partial charge in [-0.15, -0.1) is 6.58 Å². The lowest BCUT2D eigenvalue weighted by atomic mass is 9.94. The van der Waals surface area contributed by atoms with Crippen molar-refractivity contribution in [2.24, 2.45) is 5.92 Å². The largest absolute Gasteiger partial charge is 0.344 e. The van der Waals surface area contributed by atoms with Crippen molar-refractivity contribution in [1.29, 1.82) is 0 Å². The topological polar surface area (TPSA) is 69.7 Å². The Morgan fingerprint density at radius 1 is 1.06 bits per heavy atom. The van der Waals surface area contributed by atoms with Gasteiger partial charge >= 0.3 is 0 Å². The highest BCUT2D eigenvalue weighted by molar-refractivity contribution is 5.91. The Hall–Kier alpha value is -3.41. The van der Waals surface area contributed by atoms with Crippen molar-refractivity contribution in [2.75, 3.05) is 26.2 Å². The van der Waals surface area contributed by atoms with E-state index in [0.717, 1.165) is 16.7 Å². The van der Waals surface area contributed by atoms with Gasteiger partial charge in [-0.25, -0.2) is 0 Å². The van der Waals surface area contributed by atoms with E-state index in [-0.39, 0.29) is 23.6 Å². The summed E-state index contributed by atoms with van der Waals surface area (Å²) in [5.74, 6) is -0.478. The molecule has 6 heteroatoms. The van der Waals surface area contributed by atoms with E-state index in [1.54, 1.807) is 15.9 Å². The number of hydrogen-bond donors (Lipinski definition) is 1. The molecule has 2 fully saturated rings. The molecule has 0 bridgehead atoms. The van der Waals surface area contributed by atoms with Crippen LogP contribution >= 0.6 is 0 Å². The zero-order chi connectivity index (χ0) is 22.5. The smallest absolute Gasteiger partial charge is 0.245 e. The quantitative estimate of drug-likeness (QED) is 0.715. The molecule has 166 valence electrons. The minimum atomic E-state index is -0.481. The van der Waals surface area contributed by atoms with Gasteiger partial charge in [-0.1, -0.05) is 60.7 Å². The molecule has 2 aromatic rings. The predicted molar refractivity (Wildman–Crippen MR) is 124 cm³/mol. The molecule has 2 atom stereocenters. The van der Waals surface area contributed by atoms with Crippen LogP contribution in [0.15, 0.2) is 67.3 Å². The number of carbonyl (C=O) groups excluding carboxylic acids is 3. The number of hydrogen-bond acceptors (Lipinski definition) is 3. The van der Waals surface area contributed by atoms with Crippen LogP contribution in [0.4, 0.5) is 0 Å². The number of benzene rings is 2. The van der Waals surface area contributed by atoms with E-state index < -0.39 is 6.04 Å². The van der Waals surface area contributed by atoms with Crippen LogP contribution in [0, 0.1) is 5.92 Å². The van der Waals surface area contributed by atoms with E-state index in [4.69, 9.17) is 0 Å². The molecule has 0 saturated carbocycles. The third kappa shape index (κ3) is 4.90. The molecule has 0 aromatic heterocycles. The second-order valence-electron chi connectivity index (χ2n) is 8.48. The van der Waals surface area contributed by atoms with Gasteiger partial charge in [0.1, 0.15) is 6.04 Å². The Balaban J connectivity index is 1.55. The van der Waals surface area contributed by atoms with Crippen molar-refractivity contribution < 1.29 is 14.4 Å². The van der Waals surface area contributed by atoms with Crippen molar-refractivity contribution in [3.63, 3.8) is 0 Å². The molecule has 32 heavy (non-hydrogen) atoms. The van der Waals surface area contributed by atoms with Crippen LogP contribution in [0.25, 0.3) is 11.1 Å². The van der Waals surface area contributed by atoms with Crippen LogP contribution in [-0.4, -0.2) is 59.7 Å². The van der Waals surface area contributed by atoms with Crippen LogP contribution in [-0.2, 0) is 20.8 Å². The average Bonchev–Trinajstić information content (AvgIpc) is 3.20. The molecular formula is C26H29N3O3. The molecule has 0 aliphatic carbocycles. The first-order valence-electron chi connectivity index (χ1n) is 11.2. The Morgan fingerprint density at radius 3 is 2.56 bits per heavy atom. The van der Waals surface area contributed by atoms with Crippen LogP contribution in [0.1, 0.15) is 18.4 Å². The standard InChI is InChI=1S/C26H29N3O3/c1-2-13-28-14-15-29(26(32)23-11-12-24(30)27-23)18-22(25(28)31)17-19-7-6-10-21(16-19)20-8-4-3-5-9-20/h2-10,16,22-23H,1,11-15,17-18H2,(H,27,30). The molecule has 2 aliphatic rings. The van der Waals surface area contributed by atoms with Crippen molar-refractivity contribution in [3.05, 3.63) is 72.8 Å². The summed E-state index contributed by atoms with van der Waals surface area (Å²) in [7, 11) is 0. The van der Waals surface area contributed by atoms with Crippen LogP contribution < -0.4 is 5.32 Å². The minimum Gasteiger partial charge on any atom is -0.344 e. The number of carbonyl (C=O) groups is 3. The number of amides is 3. The lowest BCUT2D eigenvalue weighted by Crippen LogP contribution is -2.46. The van der Waals surface area contributed by atoms with E-state index in [1.165, 1.54) is 0 Å². The molecule has 4 rings (SSSR count). The van der Waals surface area contributed by atoms with Gasteiger partial charge in [0.15, 0.2) is 0 Å². The van der Waals surface area contributed by atoms with Crippen LogP contribution in [0.3, 0.4) is 0 Å². The van der Waals surface area contributed by atoms with Crippen LogP contribution in [0.5, 0.6) is 0 Å². The highest BCUT2D eigenvalue weighted by Gasteiger charge is 2.36. The lowest BCUT2D eigenvalue weighted by Gasteiger charge is -2.26. The summed E-state index contributed by atoms with van der Waals surface area (Å²) < 4.78 is 0. The highest BCUT2D eigenvalue weighted by Crippen LogP contribution is 2.24. The zero-order valence-corrected chi connectivity index (χ0v) is 18.2. The van der Waals surface area contributed by atoms with Gasteiger partial charge in [-0.2, -0.15) is 0 Å². The fourth-order valence-electron chi connectivity index (χ4n) is 4.55. The van der Waals surface area contributed by atoms with Crippen molar-refractivity contribution in [3.8, 4) is 11.1 Å². The first kappa shape index (κ1) is 21.8. The van der Waals surface area contributed by atoms with E-state index >= 15 is 0 Å². The fourth-order valence-corrected chi connectivity index (χ4v) is 4.55. The zero-order valence-electron chi connectivity index (χ0n) is 18.2. The summed E-state index contributed by atoms with van der Waals surface area (Å²) in [5, 5.41) is 2.76. The predicted octanol–water partition coefficient (Wildman–Crippen LogP) is 2.65. The first-order valence-corrected chi connectivity index (χ1v) is 11.2. The second kappa shape index (κ2) is 9.81. The van der Waals surface area contributed by atoms with Crippen LogP contribution in [0.2, 0.25) is 0 Å². The fraction of sp³-hybridized carbons (Fsp3) is 0.346.